The summed E-state index contributed by atoms with van der Waals surface area (Å²) in [5, 5.41) is 15.7. The average Bonchev–Trinajstić information content (AvgIpc) is 2.83. The van der Waals surface area contributed by atoms with E-state index in [9.17, 15) is 0 Å². The van der Waals surface area contributed by atoms with Gasteiger partial charge >= 0.3 is 0 Å². The lowest BCUT2D eigenvalue weighted by atomic mass is 10.1. The van der Waals surface area contributed by atoms with Crippen molar-refractivity contribution in [2.24, 2.45) is 0 Å². The summed E-state index contributed by atoms with van der Waals surface area (Å²) >= 11 is 0. The maximum atomic E-state index is 4.15. The van der Waals surface area contributed by atoms with E-state index >= 15 is 0 Å². The smallest absolute Gasteiger partial charge is 0.102 e. The van der Waals surface area contributed by atoms with Gasteiger partial charge in [-0.05, 0) is 18.2 Å². The van der Waals surface area contributed by atoms with Gasteiger partial charge in [0, 0.05) is 19.0 Å². The van der Waals surface area contributed by atoms with Crippen molar-refractivity contribution in [2.45, 2.75) is 25.9 Å². The quantitative estimate of drug-likeness (QED) is 0.700. The molecule has 2 aromatic rings. The minimum absolute atomic E-state index is 0.463. The molecule has 0 radical (unpaired) electrons. The Morgan fingerprint density at radius 2 is 2.47 bits per heavy atom. The van der Waals surface area contributed by atoms with Crippen LogP contribution in [0.2, 0.25) is 0 Å². The summed E-state index contributed by atoms with van der Waals surface area (Å²) in [6.07, 6.45) is 4.53. The highest BCUT2D eigenvalue weighted by atomic mass is 15.7. The van der Waals surface area contributed by atoms with Crippen molar-refractivity contribution < 1.29 is 0 Å². The predicted molar refractivity (Wildman–Crippen MR) is 53.1 cm³/mol. The van der Waals surface area contributed by atoms with Crippen LogP contribution in [0.3, 0.4) is 0 Å². The van der Waals surface area contributed by atoms with Gasteiger partial charge in [0.1, 0.15) is 5.69 Å². The highest BCUT2D eigenvalue weighted by molar-refractivity contribution is 5.15. The lowest BCUT2D eigenvalue weighted by molar-refractivity contribution is 0.439. The molecule has 0 spiro atoms. The van der Waals surface area contributed by atoms with Crippen molar-refractivity contribution in [3.05, 3.63) is 29.8 Å². The van der Waals surface area contributed by atoms with E-state index in [0.29, 0.717) is 6.04 Å². The van der Waals surface area contributed by atoms with Crippen LogP contribution in [-0.4, -0.2) is 31.0 Å². The van der Waals surface area contributed by atoms with Crippen molar-refractivity contribution in [1.29, 1.82) is 0 Å². The molecule has 3 heterocycles. The number of nitrogens with one attached hydrogen (secondary N) is 1. The first-order valence-corrected chi connectivity index (χ1v) is 5.02. The Kier molecular flexibility index (Phi) is 1.81. The van der Waals surface area contributed by atoms with Crippen molar-refractivity contribution in [1.82, 2.24) is 30.3 Å². The van der Waals surface area contributed by atoms with Gasteiger partial charge in [0.15, 0.2) is 0 Å². The molecule has 0 saturated heterocycles. The molecule has 0 aliphatic carbocycles. The molecule has 15 heavy (non-hydrogen) atoms. The van der Waals surface area contributed by atoms with Gasteiger partial charge in [-0.2, -0.15) is 9.89 Å². The Morgan fingerprint density at radius 1 is 1.53 bits per heavy atom. The molecule has 6 nitrogen and oxygen atoms in total. The molecule has 1 atom stereocenters. The van der Waals surface area contributed by atoms with Crippen molar-refractivity contribution >= 4 is 0 Å². The van der Waals surface area contributed by atoms with Crippen molar-refractivity contribution in [3.8, 4) is 0 Å². The lowest BCUT2D eigenvalue weighted by Gasteiger charge is -2.19. The van der Waals surface area contributed by atoms with E-state index in [1.807, 2.05) is 12.3 Å². The number of hydrogen-bond acceptors (Lipinski definition) is 4. The largest absolute Gasteiger partial charge is 0.308 e. The summed E-state index contributed by atoms with van der Waals surface area (Å²) in [4.78, 5) is 3.45. The van der Waals surface area contributed by atoms with Crippen LogP contribution in [-0.2, 0) is 13.0 Å². The summed E-state index contributed by atoms with van der Waals surface area (Å²) < 4.78 is 0. The van der Waals surface area contributed by atoms with E-state index in [1.54, 1.807) is 15.8 Å². The van der Waals surface area contributed by atoms with Crippen LogP contribution in [0.15, 0.2) is 18.5 Å². The van der Waals surface area contributed by atoms with Crippen LogP contribution < -0.4 is 5.32 Å². The Bertz CT molecular complexity index is 457. The fraction of sp³-hybridized carbons (Fsp3) is 0.444. The molecular weight excluding hydrogens is 192 g/mol. The number of nitrogens with zero attached hydrogens (tertiary/aromatic N) is 5. The summed E-state index contributed by atoms with van der Waals surface area (Å²) in [6.45, 7) is 2.95. The zero-order valence-corrected chi connectivity index (χ0v) is 8.46. The number of rotatable bonds is 1. The minimum atomic E-state index is 0.463. The molecular formula is C9H12N6. The van der Waals surface area contributed by atoms with Gasteiger partial charge in [-0.3, -0.25) is 0 Å². The van der Waals surface area contributed by atoms with Crippen molar-refractivity contribution in [3.63, 3.8) is 0 Å². The van der Waals surface area contributed by atoms with E-state index < -0.39 is 0 Å². The predicted octanol–water partition coefficient (Wildman–Crippen LogP) is -0.180. The van der Waals surface area contributed by atoms with Crippen LogP contribution >= 0.6 is 0 Å². The third-order valence-corrected chi connectivity index (χ3v) is 2.63. The standard InChI is InChI=1S/C9H12N6/c1-7-5-9-8(6-10-7)12-13-15(9)14-4-2-3-11-14/h2-4,7,10H,5-6H2,1H3. The number of hydrogen-bond donors (Lipinski definition) is 1. The second kappa shape index (κ2) is 3.16. The zero-order chi connectivity index (χ0) is 10.3. The van der Waals surface area contributed by atoms with Crippen LogP contribution in [0.25, 0.3) is 0 Å². The van der Waals surface area contributed by atoms with E-state index in [0.717, 1.165) is 24.4 Å². The minimum Gasteiger partial charge on any atom is -0.308 e. The van der Waals surface area contributed by atoms with Crippen LogP contribution in [0.4, 0.5) is 0 Å². The normalized spacial score (nSPS) is 20.2. The third kappa shape index (κ3) is 1.33. The Labute approximate surface area is 86.9 Å². The average molecular weight is 204 g/mol. The maximum absolute atomic E-state index is 4.15. The Morgan fingerprint density at radius 3 is 3.27 bits per heavy atom. The zero-order valence-electron chi connectivity index (χ0n) is 8.46. The van der Waals surface area contributed by atoms with Gasteiger partial charge in [-0.25, -0.2) is 0 Å². The lowest BCUT2D eigenvalue weighted by Crippen LogP contribution is -2.34. The topological polar surface area (TPSA) is 60.6 Å². The molecule has 1 unspecified atom stereocenters. The van der Waals surface area contributed by atoms with Gasteiger partial charge in [0.2, 0.25) is 0 Å². The summed E-state index contributed by atoms with van der Waals surface area (Å²) in [7, 11) is 0. The first-order chi connectivity index (χ1) is 7.34. The molecule has 0 aromatic carbocycles. The molecule has 1 aliphatic rings. The van der Waals surface area contributed by atoms with E-state index in [4.69, 9.17) is 0 Å². The molecule has 0 fully saturated rings. The van der Waals surface area contributed by atoms with Gasteiger partial charge in [-0.15, -0.1) is 9.89 Å². The summed E-state index contributed by atoms with van der Waals surface area (Å²) in [5.74, 6) is 0. The molecule has 0 saturated carbocycles. The Balaban J connectivity index is 2.07. The Hall–Kier alpha value is -1.69. The monoisotopic (exact) mass is 204 g/mol. The molecule has 3 rings (SSSR count). The second-order valence-electron chi connectivity index (χ2n) is 3.78. The molecule has 0 bridgehead atoms. The molecule has 2 aromatic heterocycles. The highest BCUT2D eigenvalue weighted by Gasteiger charge is 2.21. The van der Waals surface area contributed by atoms with Gasteiger partial charge in [-0.1, -0.05) is 0 Å². The molecule has 6 heteroatoms. The molecule has 0 amide bonds. The van der Waals surface area contributed by atoms with Gasteiger partial charge in [0.25, 0.3) is 0 Å². The highest BCUT2D eigenvalue weighted by Crippen LogP contribution is 2.13. The fourth-order valence-corrected chi connectivity index (χ4v) is 1.83. The van der Waals surface area contributed by atoms with Crippen LogP contribution in [0.1, 0.15) is 18.3 Å². The first kappa shape index (κ1) is 8.60. The van der Waals surface area contributed by atoms with Gasteiger partial charge in [0.05, 0.1) is 18.1 Å². The van der Waals surface area contributed by atoms with E-state index in [-0.39, 0.29) is 0 Å². The summed E-state index contributed by atoms with van der Waals surface area (Å²) in [6, 6.07) is 2.34. The number of fused-ring (bicyclic) bond motifs is 1. The number of aromatic nitrogens is 5. The fourth-order valence-electron chi connectivity index (χ4n) is 1.83. The maximum Gasteiger partial charge on any atom is 0.102 e. The van der Waals surface area contributed by atoms with Crippen LogP contribution in [0.5, 0.6) is 0 Å². The SMILES string of the molecule is CC1Cc2c(nnn2-n2cccn2)CN1. The molecule has 1 aliphatic heterocycles. The second-order valence-corrected chi connectivity index (χ2v) is 3.78. The summed E-state index contributed by atoms with van der Waals surface area (Å²) in [5.41, 5.74) is 2.16. The van der Waals surface area contributed by atoms with Gasteiger partial charge < -0.3 is 5.32 Å². The molecule has 78 valence electrons. The molecule has 1 N–H and O–H groups in total. The van der Waals surface area contributed by atoms with E-state index in [2.05, 4.69) is 27.7 Å². The van der Waals surface area contributed by atoms with Crippen LogP contribution in [0, 0.1) is 0 Å². The van der Waals surface area contributed by atoms with E-state index in [1.165, 1.54) is 0 Å². The first-order valence-electron chi connectivity index (χ1n) is 5.02. The third-order valence-electron chi connectivity index (χ3n) is 2.63. The van der Waals surface area contributed by atoms with Crippen molar-refractivity contribution in [2.75, 3.05) is 0 Å².